The molecule has 0 amide bonds. The molecule has 4 heteroatoms. The summed E-state index contributed by atoms with van der Waals surface area (Å²) in [5, 5.41) is 11.3. The molecule has 0 spiro atoms. The summed E-state index contributed by atoms with van der Waals surface area (Å²) in [7, 11) is 0. The standard InChI is InChI=1S/C21H15NO3/c23-21-19-9-5-4-8-18(19)20(25-21)14-22-15-10-12-17(13-11-15)24-16-6-2-1-3-7-16/h1-14,23H. The summed E-state index contributed by atoms with van der Waals surface area (Å²) in [6.45, 7) is 0. The second-order valence-corrected chi connectivity index (χ2v) is 5.48. The van der Waals surface area contributed by atoms with Gasteiger partial charge in [-0.05, 0) is 42.5 Å². The molecule has 4 aromatic rings. The largest absolute Gasteiger partial charge is 0.480 e. The lowest BCUT2D eigenvalue weighted by atomic mass is 10.2. The van der Waals surface area contributed by atoms with Crippen molar-refractivity contribution in [2.24, 2.45) is 4.99 Å². The van der Waals surface area contributed by atoms with Crippen molar-refractivity contribution in [2.75, 3.05) is 0 Å². The van der Waals surface area contributed by atoms with Crippen molar-refractivity contribution >= 4 is 22.7 Å². The summed E-state index contributed by atoms with van der Waals surface area (Å²) >= 11 is 0. The van der Waals surface area contributed by atoms with Crippen LogP contribution in [0, 0.1) is 0 Å². The van der Waals surface area contributed by atoms with Gasteiger partial charge in [-0.3, -0.25) is 4.99 Å². The zero-order valence-corrected chi connectivity index (χ0v) is 13.3. The first-order valence-electron chi connectivity index (χ1n) is 7.87. The Hall–Kier alpha value is -3.53. The third-order valence-corrected chi connectivity index (χ3v) is 3.78. The molecule has 0 aliphatic carbocycles. The summed E-state index contributed by atoms with van der Waals surface area (Å²) in [5.74, 6) is 1.96. The highest BCUT2D eigenvalue weighted by molar-refractivity contribution is 6.00. The number of hydrogen-bond donors (Lipinski definition) is 1. The third-order valence-electron chi connectivity index (χ3n) is 3.78. The maximum absolute atomic E-state index is 9.82. The minimum atomic E-state index is -0.0938. The zero-order chi connectivity index (χ0) is 17.1. The lowest BCUT2D eigenvalue weighted by Crippen LogP contribution is -1.82. The van der Waals surface area contributed by atoms with E-state index in [9.17, 15) is 5.11 Å². The van der Waals surface area contributed by atoms with Crippen LogP contribution in [0.15, 0.2) is 88.3 Å². The minimum absolute atomic E-state index is 0.0938. The average molecular weight is 329 g/mol. The van der Waals surface area contributed by atoms with Crippen molar-refractivity contribution < 1.29 is 14.3 Å². The lowest BCUT2D eigenvalue weighted by molar-refractivity contribution is 0.336. The van der Waals surface area contributed by atoms with Gasteiger partial charge in [0.15, 0.2) is 5.76 Å². The monoisotopic (exact) mass is 329 g/mol. The molecular weight excluding hydrogens is 314 g/mol. The van der Waals surface area contributed by atoms with Crippen molar-refractivity contribution in [3.63, 3.8) is 0 Å². The molecule has 1 N–H and O–H groups in total. The number of fused-ring (bicyclic) bond motifs is 1. The van der Waals surface area contributed by atoms with Crippen LogP contribution in [-0.4, -0.2) is 11.3 Å². The van der Waals surface area contributed by atoms with Crippen LogP contribution in [0.25, 0.3) is 10.8 Å². The SMILES string of the molecule is Oc1oc(C=Nc2ccc(Oc3ccccc3)cc2)c2ccccc12. The highest BCUT2D eigenvalue weighted by Gasteiger charge is 2.09. The number of para-hydroxylation sites is 1. The number of furan rings is 1. The first kappa shape index (κ1) is 15.0. The number of nitrogens with zero attached hydrogens (tertiary/aromatic N) is 1. The molecule has 0 saturated heterocycles. The van der Waals surface area contributed by atoms with E-state index in [1.165, 1.54) is 0 Å². The number of benzene rings is 3. The topological polar surface area (TPSA) is 55.0 Å². The molecule has 0 radical (unpaired) electrons. The quantitative estimate of drug-likeness (QED) is 0.490. The number of aromatic hydroxyl groups is 1. The van der Waals surface area contributed by atoms with E-state index in [1.807, 2.05) is 72.8 Å². The highest BCUT2D eigenvalue weighted by Crippen LogP contribution is 2.30. The Morgan fingerprint density at radius 1 is 0.760 bits per heavy atom. The molecule has 0 unspecified atom stereocenters. The van der Waals surface area contributed by atoms with Crippen LogP contribution in [-0.2, 0) is 0 Å². The summed E-state index contributed by atoms with van der Waals surface area (Å²) in [6.07, 6.45) is 1.61. The van der Waals surface area contributed by atoms with Crippen molar-refractivity contribution in [3.8, 4) is 17.4 Å². The molecule has 122 valence electrons. The fraction of sp³-hybridized carbons (Fsp3) is 0. The molecule has 1 aromatic heterocycles. The molecule has 0 aliphatic heterocycles. The maximum Gasteiger partial charge on any atom is 0.290 e. The number of hydrogen-bond acceptors (Lipinski definition) is 4. The van der Waals surface area contributed by atoms with Gasteiger partial charge in [0, 0.05) is 5.39 Å². The Balaban J connectivity index is 1.53. The van der Waals surface area contributed by atoms with Gasteiger partial charge in [0.05, 0.1) is 17.3 Å². The van der Waals surface area contributed by atoms with Crippen LogP contribution < -0.4 is 4.74 Å². The first-order chi connectivity index (χ1) is 12.3. The van der Waals surface area contributed by atoms with Crippen molar-refractivity contribution in [1.82, 2.24) is 0 Å². The average Bonchev–Trinajstić information content (AvgIpc) is 2.98. The van der Waals surface area contributed by atoms with Gasteiger partial charge < -0.3 is 14.3 Å². The van der Waals surface area contributed by atoms with Gasteiger partial charge in [0.2, 0.25) is 0 Å². The van der Waals surface area contributed by atoms with Gasteiger partial charge in [0.25, 0.3) is 5.95 Å². The molecule has 4 rings (SSSR count). The van der Waals surface area contributed by atoms with Gasteiger partial charge in [-0.2, -0.15) is 0 Å². The Labute approximate surface area is 144 Å². The number of ether oxygens (including phenoxy) is 1. The van der Waals surface area contributed by atoms with E-state index >= 15 is 0 Å². The second kappa shape index (κ2) is 6.53. The molecule has 1 heterocycles. The van der Waals surface area contributed by atoms with E-state index in [0.29, 0.717) is 11.1 Å². The smallest absolute Gasteiger partial charge is 0.290 e. The third kappa shape index (κ3) is 3.23. The van der Waals surface area contributed by atoms with Gasteiger partial charge in [-0.1, -0.05) is 36.4 Å². The van der Waals surface area contributed by atoms with E-state index in [0.717, 1.165) is 22.6 Å². The van der Waals surface area contributed by atoms with Crippen LogP contribution >= 0.6 is 0 Å². The van der Waals surface area contributed by atoms with E-state index < -0.39 is 0 Å². The molecule has 0 saturated carbocycles. The lowest BCUT2D eigenvalue weighted by Gasteiger charge is -2.05. The summed E-state index contributed by atoms with van der Waals surface area (Å²) in [6, 6.07) is 24.5. The van der Waals surface area contributed by atoms with Crippen molar-refractivity contribution in [2.45, 2.75) is 0 Å². The number of rotatable bonds is 4. The van der Waals surface area contributed by atoms with Crippen LogP contribution in [0.1, 0.15) is 5.76 Å². The zero-order valence-electron chi connectivity index (χ0n) is 13.3. The fourth-order valence-corrected chi connectivity index (χ4v) is 2.55. The maximum atomic E-state index is 9.82. The van der Waals surface area contributed by atoms with Gasteiger partial charge in [-0.15, -0.1) is 0 Å². The summed E-state index contributed by atoms with van der Waals surface area (Å²) < 4.78 is 11.1. The molecule has 4 nitrogen and oxygen atoms in total. The molecule has 0 atom stereocenters. The normalized spacial score (nSPS) is 11.2. The summed E-state index contributed by atoms with van der Waals surface area (Å²) in [5.41, 5.74) is 0.764. The highest BCUT2D eigenvalue weighted by atomic mass is 16.5. The molecular formula is C21H15NO3. The Morgan fingerprint density at radius 3 is 2.16 bits per heavy atom. The van der Waals surface area contributed by atoms with Crippen molar-refractivity contribution in [1.29, 1.82) is 0 Å². The van der Waals surface area contributed by atoms with E-state index in [2.05, 4.69) is 4.99 Å². The minimum Gasteiger partial charge on any atom is -0.480 e. The van der Waals surface area contributed by atoms with Crippen LogP contribution in [0.3, 0.4) is 0 Å². The molecule has 25 heavy (non-hydrogen) atoms. The van der Waals surface area contributed by atoms with E-state index in [1.54, 1.807) is 12.3 Å². The molecule has 0 bridgehead atoms. The van der Waals surface area contributed by atoms with Crippen LogP contribution in [0.4, 0.5) is 5.69 Å². The Morgan fingerprint density at radius 2 is 1.40 bits per heavy atom. The van der Waals surface area contributed by atoms with E-state index in [-0.39, 0.29) is 5.95 Å². The van der Waals surface area contributed by atoms with Gasteiger partial charge in [-0.25, -0.2) is 0 Å². The van der Waals surface area contributed by atoms with E-state index in [4.69, 9.17) is 9.15 Å². The van der Waals surface area contributed by atoms with Crippen LogP contribution in [0.5, 0.6) is 17.4 Å². The fourth-order valence-electron chi connectivity index (χ4n) is 2.55. The Bertz CT molecular complexity index is 1020. The number of aliphatic imine (C=N–C) groups is 1. The van der Waals surface area contributed by atoms with Crippen LogP contribution in [0.2, 0.25) is 0 Å². The predicted octanol–water partition coefficient (Wildman–Crippen LogP) is 5.68. The van der Waals surface area contributed by atoms with Gasteiger partial charge >= 0.3 is 0 Å². The Kier molecular flexibility index (Phi) is 3.92. The molecule has 0 fully saturated rings. The van der Waals surface area contributed by atoms with Gasteiger partial charge in [0.1, 0.15) is 11.5 Å². The molecule has 3 aromatic carbocycles. The second-order valence-electron chi connectivity index (χ2n) is 5.48. The summed E-state index contributed by atoms with van der Waals surface area (Å²) in [4.78, 5) is 4.40. The molecule has 0 aliphatic rings. The predicted molar refractivity (Wildman–Crippen MR) is 98.1 cm³/mol. The first-order valence-corrected chi connectivity index (χ1v) is 7.87. The van der Waals surface area contributed by atoms with Crippen molar-refractivity contribution in [3.05, 3.63) is 84.6 Å².